The van der Waals surface area contributed by atoms with E-state index in [-0.39, 0.29) is 5.54 Å². The Balaban J connectivity index is 2.02. The summed E-state index contributed by atoms with van der Waals surface area (Å²) in [5, 5.41) is 0. The van der Waals surface area contributed by atoms with Gasteiger partial charge in [-0.15, -0.1) is 0 Å². The predicted octanol–water partition coefficient (Wildman–Crippen LogP) is 2.28. The number of sulfonamides is 1. The summed E-state index contributed by atoms with van der Waals surface area (Å²) in [7, 11) is -3.18. The summed E-state index contributed by atoms with van der Waals surface area (Å²) < 4.78 is 26.3. The summed E-state index contributed by atoms with van der Waals surface area (Å²) >= 11 is 0. The lowest BCUT2D eigenvalue weighted by atomic mass is 9.36. The van der Waals surface area contributed by atoms with Crippen molar-refractivity contribution in [3.8, 4) is 0 Å². The van der Waals surface area contributed by atoms with E-state index in [1.54, 1.807) is 20.8 Å². The molecule has 0 aromatic heterocycles. The van der Waals surface area contributed by atoms with Crippen molar-refractivity contribution in [2.45, 2.75) is 64.2 Å². The van der Waals surface area contributed by atoms with Crippen LogP contribution in [0, 0.1) is 11.3 Å². The van der Waals surface area contributed by atoms with E-state index in [2.05, 4.69) is 18.6 Å². The molecule has 0 aromatic rings. The van der Waals surface area contributed by atoms with Crippen molar-refractivity contribution in [1.29, 1.82) is 0 Å². The second kappa shape index (κ2) is 3.02. The zero-order valence-corrected chi connectivity index (χ0v) is 11.7. The normalized spacial score (nSPS) is 38.1. The molecule has 3 fully saturated rings. The van der Waals surface area contributed by atoms with E-state index in [1.807, 2.05) is 0 Å². The van der Waals surface area contributed by atoms with Crippen LogP contribution in [-0.4, -0.2) is 18.7 Å². The van der Waals surface area contributed by atoms with Crippen molar-refractivity contribution < 1.29 is 8.42 Å². The van der Waals surface area contributed by atoms with Crippen LogP contribution in [0.2, 0.25) is 0 Å². The van der Waals surface area contributed by atoms with Gasteiger partial charge in [-0.2, -0.15) is 0 Å². The topological polar surface area (TPSA) is 46.2 Å². The first kappa shape index (κ1) is 12.4. The Kier molecular flexibility index (Phi) is 2.33. The Hall–Kier alpha value is -0.0900. The maximum Gasteiger partial charge on any atom is 0.217 e. The van der Waals surface area contributed by atoms with Gasteiger partial charge in [0.25, 0.3) is 0 Å². The summed E-state index contributed by atoms with van der Waals surface area (Å²) in [6.45, 7) is 9.72. The van der Waals surface area contributed by atoms with Crippen molar-refractivity contribution in [3.05, 3.63) is 0 Å². The van der Waals surface area contributed by atoms with Gasteiger partial charge in [-0.1, -0.05) is 13.8 Å². The third kappa shape index (κ3) is 1.53. The molecule has 0 heterocycles. The largest absolute Gasteiger partial charge is 0.217 e. The zero-order chi connectivity index (χ0) is 12.4. The Bertz CT molecular complexity index is 383. The van der Waals surface area contributed by atoms with Gasteiger partial charge in [-0.25, -0.2) is 13.1 Å². The van der Waals surface area contributed by atoms with Crippen LogP contribution in [0.1, 0.15) is 53.9 Å². The maximum absolute atomic E-state index is 12.0. The minimum atomic E-state index is -3.18. The van der Waals surface area contributed by atoms with Gasteiger partial charge < -0.3 is 0 Å². The molecule has 0 atom stereocenters. The Morgan fingerprint density at radius 2 is 1.56 bits per heavy atom. The molecular formula is C12H23NO2S. The maximum atomic E-state index is 12.0. The lowest BCUT2D eigenvalue weighted by Gasteiger charge is -2.72. The van der Waals surface area contributed by atoms with Crippen LogP contribution in [0.4, 0.5) is 0 Å². The molecule has 3 saturated carbocycles. The molecule has 3 nitrogen and oxygen atoms in total. The monoisotopic (exact) mass is 245 g/mol. The highest BCUT2D eigenvalue weighted by Gasteiger charge is 2.70. The minimum absolute atomic E-state index is 0.0869. The lowest BCUT2D eigenvalue weighted by Crippen LogP contribution is -2.76. The van der Waals surface area contributed by atoms with E-state index in [1.165, 1.54) is 0 Å². The molecule has 0 unspecified atom stereocenters. The third-order valence-corrected chi connectivity index (χ3v) is 6.77. The standard InChI is InChI=1S/C12H23NO2S/c1-9(2)11-6-12(7-11,8-11)13-16(14,15)10(3,4)5/h9,13H,6-8H2,1-5H3. The first-order valence-electron chi connectivity index (χ1n) is 6.06. The fourth-order valence-electron chi connectivity index (χ4n) is 3.03. The molecule has 0 aromatic carbocycles. The molecule has 0 aliphatic heterocycles. The second-order valence-electron chi connectivity index (χ2n) is 7.05. The van der Waals surface area contributed by atoms with Gasteiger partial charge in [0.15, 0.2) is 0 Å². The molecule has 16 heavy (non-hydrogen) atoms. The molecule has 1 N–H and O–H groups in total. The van der Waals surface area contributed by atoms with Gasteiger partial charge in [0.05, 0.1) is 4.75 Å². The Morgan fingerprint density at radius 1 is 1.12 bits per heavy atom. The molecule has 0 radical (unpaired) electrons. The van der Waals surface area contributed by atoms with E-state index in [0.29, 0.717) is 11.3 Å². The molecule has 0 spiro atoms. The molecule has 94 valence electrons. The number of hydrogen-bond donors (Lipinski definition) is 1. The molecule has 3 aliphatic carbocycles. The van der Waals surface area contributed by atoms with Gasteiger partial charge in [0.2, 0.25) is 10.0 Å². The number of hydrogen-bond acceptors (Lipinski definition) is 2. The van der Waals surface area contributed by atoms with Crippen molar-refractivity contribution >= 4 is 10.0 Å². The SMILES string of the molecule is CC(C)C12CC(NS(=O)(=O)C(C)(C)C)(C1)C2. The van der Waals surface area contributed by atoms with E-state index in [0.717, 1.165) is 19.3 Å². The van der Waals surface area contributed by atoms with Crippen LogP contribution in [0.15, 0.2) is 0 Å². The van der Waals surface area contributed by atoms with Crippen molar-refractivity contribution in [1.82, 2.24) is 4.72 Å². The highest BCUT2D eigenvalue weighted by molar-refractivity contribution is 7.90. The summed E-state index contributed by atoms with van der Waals surface area (Å²) in [6, 6.07) is 0. The van der Waals surface area contributed by atoms with Crippen LogP contribution in [0.3, 0.4) is 0 Å². The molecule has 4 heteroatoms. The van der Waals surface area contributed by atoms with Crippen LogP contribution in [0.25, 0.3) is 0 Å². The van der Waals surface area contributed by atoms with E-state index < -0.39 is 14.8 Å². The van der Waals surface area contributed by atoms with Gasteiger partial charge in [-0.05, 0) is 51.4 Å². The van der Waals surface area contributed by atoms with E-state index >= 15 is 0 Å². The summed E-state index contributed by atoms with van der Waals surface area (Å²) in [5.74, 6) is 0.675. The average molecular weight is 245 g/mol. The molecule has 0 amide bonds. The predicted molar refractivity (Wildman–Crippen MR) is 65.7 cm³/mol. The quantitative estimate of drug-likeness (QED) is 0.829. The third-order valence-electron chi connectivity index (χ3n) is 4.45. The van der Waals surface area contributed by atoms with Crippen LogP contribution >= 0.6 is 0 Å². The fourth-order valence-corrected chi connectivity index (χ4v) is 4.12. The van der Waals surface area contributed by atoms with Gasteiger partial charge in [0.1, 0.15) is 0 Å². The van der Waals surface area contributed by atoms with Crippen LogP contribution in [-0.2, 0) is 10.0 Å². The Morgan fingerprint density at radius 3 is 1.88 bits per heavy atom. The minimum Gasteiger partial charge on any atom is -0.212 e. The van der Waals surface area contributed by atoms with Gasteiger partial charge in [0, 0.05) is 5.54 Å². The first-order valence-corrected chi connectivity index (χ1v) is 7.54. The first-order chi connectivity index (χ1) is 7.02. The number of nitrogens with one attached hydrogen (secondary N) is 1. The van der Waals surface area contributed by atoms with Gasteiger partial charge in [-0.3, -0.25) is 0 Å². The van der Waals surface area contributed by atoms with Crippen LogP contribution < -0.4 is 4.72 Å². The van der Waals surface area contributed by atoms with Gasteiger partial charge >= 0.3 is 0 Å². The smallest absolute Gasteiger partial charge is 0.212 e. The van der Waals surface area contributed by atoms with Crippen molar-refractivity contribution in [2.75, 3.05) is 0 Å². The van der Waals surface area contributed by atoms with Crippen molar-refractivity contribution in [2.24, 2.45) is 11.3 Å². The van der Waals surface area contributed by atoms with Crippen LogP contribution in [0.5, 0.6) is 0 Å². The molecule has 3 rings (SSSR count). The van der Waals surface area contributed by atoms with E-state index in [9.17, 15) is 8.42 Å². The van der Waals surface area contributed by atoms with E-state index in [4.69, 9.17) is 0 Å². The summed E-state index contributed by atoms with van der Waals surface area (Å²) in [6.07, 6.45) is 3.10. The zero-order valence-electron chi connectivity index (χ0n) is 10.9. The van der Waals surface area contributed by atoms with Crippen molar-refractivity contribution in [3.63, 3.8) is 0 Å². The fraction of sp³-hybridized carbons (Fsp3) is 1.00. The second-order valence-corrected chi connectivity index (χ2v) is 9.48. The highest BCUT2D eigenvalue weighted by Crippen LogP contribution is 2.70. The number of rotatable bonds is 3. The molecular weight excluding hydrogens is 222 g/mol. The Labute approximate surface area is 99.1 Å². The lowest BCUT2D eigenvalue weighted by molar-refractivity contribution is -0.172. The molecule has 3 aliphatic rings. The molecule has 0 saturated heterocycles. The summed E-state index contributed by atoms with van der Waals surface area (Å²) in [5.41, 5.74) is 0.358. The average Bonchev–Trinajstić information content (AvgIpc) is 1.90. The summed E-state index contributed by atoms with van der Waals surface area (Å²) in [4.78, 5) is 0. The highest BCUT2D eigenvalue weighted by atomic mass is 32.2. The molecule has 2 bridgehead atoms.